The predicted octanol–water partition coefficient (Wildman–Crippen LogP) is 1.88. The monoisotopic (exact) mass is 408 g/mol. The Morgan fingerprint density at radius 1 is 0.920 bits per heavy atom. The predicted molar refractivity (Wildman–Crippen MR) is 96.9 cm³/mol. The summed E-state index contributed by atoms with van der Waals surface area (Å²) in [5.74, 6) is 0. The lowest BCUT2D eigenvalue weighted by molar-refractivity contribution is -0.676. The van der Waals surface area contributed by atoms with Crippen molar-refractivity contribution in [1.82, 2.24) is 4.98 Å². The van der Waals surface area contributed by atoms with E-state index in [1.165, 1.54) is 33.2 Å². The number of benzene rings is 2. The minimum absolute atomic E-state index is 0. The van der Waals surface area contributed by atoms with E-state index in [1.807, 2.05) is 24.4 Å². The number of hydrogen-bond donors (Lipinski definition) is 0. The molecule has 1 aliphatic carbocycles. The summed E-state index contributed by atoms with van der Waals surface area (Å²) in [7, 11) is 0. The van der Waals surface area contributed by atoms with Crippen LogP contribution in [0.4, 0.5) is 0 Å². The molecule has 0 radical (unpaired) electrons. The Balaban J connectivity index is 0.00000157. The van der Waals surface area contributed by atoms with Crippen molar-refractivity contribution < 1.29 is 21.5 Å². The second kappa shape index (κ2) is 6.25. The fraction of sp³-hybridized carbons (Fsp3) is 0.0476. The van der Waals surface area contributed by atoms with E-state index in [-0.39, 0.29) is 17.0 Å². The van der Waals surface area contributed by atoms with Crippen LogP contribution in [0.15, 0.2) is 73.1 Å². The van der Waals surface area contributed by atoms with Crippen LogP contribution in [-0.4, -0.2) is 4.98 Å². The number of rotatable bonds is 2. The van der Waals surface area contributed by atoms with Crippen molar-refractivity contribution in [2.24, 2.45) is 0 Å². The maximum Gasteiger partial charge on any atom is 0.223 e. The molecule has 0 N–H and O–H groups in total. The first-order chi connectivity index (χ1) is 11.8. The zero-order chi connectivity index (χ0) is 16.1. The van der Waals surface area contributed by atoms with Crippen molar-refractivity contribution in [2.45, 2.75) is 6.54 Å². The van der Waals surface area contributed by atoms with Crippen LogP contribution in [-0.2, 0) is 6.54 Å². The van der Waals surface area contributed by atoms with Gasteiger partial charge in [-0.25, -0.2) is 0 Å². The Kier molecular flexibility index (Phi) is 4.06. The summed E-state index contributed by atoms with van der Waals surface area (Å²) in [5.41, 5.74) is 5.98. The number of halogens is 2. The minimum atomic E-state index is 0. The van der Waals surface area contributed by atoms with E-state index in [4.69, 9.17) is 11.6 Å². The molecule has 0 unspecified atom stereocenters. The molecule has 4 aromatic rings. The molecule has 2 heterocycles. The van der Waals surface area contributed by atoms with Gasteiger partial charge < -0.3 is 17.0 Å². The van der Waals surface area contributed by atoms with Crippen molar-refractivity contribution in [2.75, 3.05) is 0 Å². The van der Waals surface area contributed by atoms with Gasteiger partial charge in [0.05, 0.1) is 16.6 Å². The first-order valence-electron chi connectivity index (χ1n) is 7.97. The number of nitrogens with zero attached hydrogens (tertiary/aromatic N) is 2. The summed E-state index contributed by atoms with van der Waals surface area (Å²) in [6, 6.07) is 20.8. The molecular formula is C21H14BrClN2. The number of aromatic nitrogens is 2. The molecule has 0 saturated heterocycles. The van der Waals surface area contributed by atoms with Gasteiger partial charge in [-0.3, -0.25) is 4.98 Å². The van der Waals surface area contributed by atoms with Gasteiger partial charge in [-0.1, -0.05) is 41.9 Å². The van der Waals surface area contributed by atoms with Crippen molar-refractivity contribution in [3.8, 4) is 22.5 Å². The zero-order valence-electron chi connectivity index (χ0n) is 13.3. The van der Waals surface area contributed by atoms with Crippen LogP contribution < -0.4 is 21.5 Å². The molecule has 5 rings (SSSR count). The van der Waals surface area contributed by atoms with Gasteiger partial charge in [-0.2, -0.15) is 4.57 Å². The van der Waals surface area contributed by atoms with E-state index in [1.54, 1.807) is 0 Å². The molecule has 0 spiro atoms. The highest BCUT2D eigenvalue weighted by Crippen LogP contribution is 2.43. The lowest BCUT2D eigenvalue weighted by Crippen LogP contribution is -3.00. The minimum Gasteiger partial charge on any atom is -1.00 e. The Labute approximate surface area is 161 Å². The van der Waals surface area contributed by atoms with Gasteiger partial charge >= 0.3 is 0 Å². The van der Waals surface area contributed by atoms with Crippen molar-refractivity contribution in [3.63, 3.8) is 0 Å². The number of fused-ring (bicyclic) bond motifs is 3. The summed E-state index contributed by atoms with van der Waals surface area (Å²) >= 11 is 6.15. The van der Waals surface area contributed by atoms with Gasteiger partial charge in [-0.05, 0) is 29.7 Å². The molecule has 0 aliphatic heterocycles. The third kappa shape index (κ3) is 2.55. The van der Waals surface area contributed by atoms with E-state index in [0.717, 1.165) is 17.3 Å². The van der Waals surface area contributed by atoms with Crippen LogP contribution in [0.2, 0.25) is 5.02 Å². The fourth-order valence-corrected chi connectivity index (χ4v) is 3.82. The molecule has 122 valence electrons. The molecule has 1 aliphatic rings. The molecule has 0 fully saturated rings. The normalized spacial score (nSPS) is 11.2. The number of hydrogen-bond acceptors (Lipinski definition) is 1. The molecule has 2 nitrogen and oxygen atoms in total. The Morgan fingerprint density at radius 2 is 1.76 bits per heavy atom. The van der Waals surface area contributed by atoms with Gasteiger partial charge in [0.1, 0.15) is 0 Å². The van der Waals surface area contributed by atoms with E-state index in [0.29, 0.717) is 0 Å². The van der Waals surface area contributed by atoms with Gasteiger partial charge in [0.2, 0.25) is 5.69 Å². The third-order valence-corrected chi connectivity index (χ3v) is 4.86. The SMILES string of the molecule is Clc1cccc(C[n+]2ccc3ccnc4c3c2-c2ccccc2-4)c1.[Br-]. The van der Waals surface area contributed by atoms with Crippen LogP contribution in [0.5, 0.6) is 0 Å². The molecule has 4 heteroatoms. The highest BCUT2D eigenvalue weighted by atomic mass is 79.9. The fourth-order valence-electron chi connectivity index (χ4n) is 3.61. The Bertz CT molecular complexity index is 1110. The third-order valence-electron chi connectivity index (χ3n) is 4.62. The highest BCUT2D eigenvalue weighted by Gasteiger charge is 2.30. The van der Waals surface area contributed by atoms with Crippen molar-refractivity contribution in [3.05, 3.63) is 83.6 Å². The molecule has 0 saturated carbocycles. The lowest BCUT2D eigenvalue weighted by atomic mass is 10.1. The Morgan fingerprint density at radius 3 is 2.60 bits per heavy atom. The van der Waals surface area contributed by atoms with Gasteiger partial charge in [0.15, 0.2) is 12.7 Å². The van der Waals surface area contributed by atoms with Gasteiger partial charge in [0, 0.05) is 28.4 Å². The smallest absolute Gasteiger partial charge is 0.223 e. The molecule has 2 aromatic heterocycles. The Hall–Kier alpha value is -2.23. The van der Waals surface area contributed by atoms with Crippen LogP contribution in [0, 0.1) is 0 Å². The van der Waals surface area contributed by atoms with Crippen molar-refractivity contribution >= 4 is 22.4 Å². The van der Waals surface area contributed by atoms with Crippen LogP contribution in [0.3, 0.4) is 0 Å². The van der Waals surface area contributed by atoms with Gasteiger partial charge in [-0.15, -0.1) is 0 Å². The van der Waals surface area contributed by atoms with Crippen LogP contribution in [0.1, 0.15) is 5.56 Å². The maximum atomic E-state index is 6.15. The zero-order valence-corrected chi connectivity index (χ0v) is 15.6. The van der Waals surface area contributed by atoms with E-state index in [9.17, 15) is 0 Å². The molecule has 0 bridgehead atoms. The summed E-state index contributed by atoms with van der Waals surface area (Å²) in [6.45, 7) is 0.786. The largest absolute Gasteiger partial charge is 1.00 e. The quantitative estimate of drug-likeness (QED) is 0.407. The average Bonchev–Trinajstić information content (AvgIpc) is 2.94. The summed E-state index contributed by atoms with van der Waals surface area (Å²) < 4.78 is 2.30. The lowest BCUT2D eigenvalue weighted by Gasteiger charge is -2.05. The molecule has 25 heavy (non-hydrogen) atoms. The maximum absolute atomic E-state index is 6.15. The highest BCUT2D eigenvalue weighted by molar-refractivity contribution is 6.30. The molecule has 0 atom stereocenters. The summed E-state index contributed by atoms with van der Waals surface area (Å²) in [6.07, 6.45) is 4.05. The summed E-state index contributed by atoms with van der Waals surface area (Å²) in [5, 5.41) is 3.24. The molecule has 0 amide bonds. The average molecular weight is 410 g/mol. The topological polar surface area (TPSA) is 16.8 Å². The standard InChI is InChI=1S/C21H14ClN2.BrH/c22-16-5-3-4-14(12-16)13-24-11-9-15-8-10-23-20-17-6-1-2-7-18(17)21(24)19(15)20;/h1-12H,13H2;1H/q+1;/p-1. The second-order valence-corrected chi connectivity index (χ2v) is 6.53. The van der Waals surface area contributed by atoms with Gasteiger partial charge in [0.25, 0.3) is 0 Å². The number of pyridine rings is 2. The first-order valence-corrected chi connectivity index (χ1v) is 8.34. The summed E-state index contributed by atoms with van der Waals surface area (Å²) in [4.78, 5) is 4.65. The van der Waals surface area contributed by atoms with E-state index >= 15 is 0 Å². The second-order valence-electron chi connectivity index (χ2n) is 6.09. The molecule has 2 aromatic carbocycles. The molecular weight excluding hydrogens is 396 g/mol. The first kappa shape index (κ1) is 16.2. The van der Waals surface area contributed by atoms with Crippen LogP contribution in [0.25, 0.3) is 33.3 Å². The van der Waals surface area contributed by atoms with E-state index in [2.05, 4.69) is 58.2 Å². The van der Waals surface area contributed by atoms with E-state index < -0.39 is 0 Å². The van der Waals surface area contributed by atoms with Crippen LogP contribution >= 0.6 is 11.6 Å². The van der Waals surface area contributed by atoms with Crippen molar-refractivity contribution in [1.29, 1.82) is 0 Å².